The summed E-state index contributed by atoms with van der Waals surface area (Å²) in [6.07, 6.45) is 5.33. The van der Waals surface area contributed by atoms with Crippen LogP contribution in [0.5, 0.6) is 17.2 Å². The molecule has 2 bridgehead atoms. The molecule has 0 saturated heterocycles. The topological polar surface area (TPSA) is 42.5 Å². The van der Waals surface area contributed by atoms with Gasteiger partial charge in [-0.2, -0.15) is 0 Å². The first-order chi connectivity index (χ1) is 13.2. The average Bonchev–Trinajstić information content (AvgIpc) is 3.28. The summed E-state index contributed by atoms with van der Waals surface area (Å²) in [6, 6.07) is 16.0. The maximum absolute atomic E-state index is 6.06. The fourth-order valence-corrected chi connectivity index (χ4v) is 4.57. The highest BCUT2D eigenvalue weighted by atomic mass is 32.1. The molecule has 0 spiro atoms. The number of nitrogens with one attached hydrogen (secondary N) is 2. The van der Waals surface area contributed by atoms with E-state index < -0.39 is 0 Å². The molecule has 2 aliphatic rings. The average molecular weight is 383 g/mol. The Morgan fingerprint density at radius 3 is 2.52 bits per heavy atom. The molecule has 4 rings (SSSR count). The number of hydrogen-bond acceptors (Lipinski definition) is 3. The van der Waals surface area contributed by atoms with E-state index in [1.165, 1.54) is 25.7 Å². The maximum Gasteiger partial charge on any atom is 0.171 e. The number of rotatable bonds is 6. The van der Waals surface area contributed by atoms with Crippen molar-refractivity contribution in [3.63, 3.8) is 0 Å². The third-order valence-corrected chi connectivity index (χ3v) is 5.77. The number of benzene rings is 2. The van der Waals surface area contributed by atoms with Crippen LogP contribution < -0.4 is 20.1 Å². The lowest BCUT2D eigenvalue weighted by Gasteiger charge is -2.25. The molecule has 4 nitrogen and oxygen atoms in total. The zero-order chi connectivity index (χ0) is 18.6. The fourth-order valence-electron chi connectivity index (χ4n) is 4.30. The molecule has 142 valence electrons. The molecule has 0 aliphatic heterocycles. The SMILES string of the molecule is CCOc1ccc(Oc2ccccc2NC(=S)N[C@H]2C[C@H]3CC[C@@H]2C3)cc1. The first kappa shape index (κ1) is 18.1. The van der Waals surface area contributed by atoms with Gasteiger partial charge in [-0.25, -0.2) is 0 Å². The van der Waals surface area contributed by atoms with Crippen molar-refractivity contribution in [1.82, 2.24) is 5.32 Å². The van der Waals surface area contributed by atoms with Gasteiger partial charge in [0.25, 0.3) is 0 Å². The van der Waals surface area contributed by atoms with Crippen LogP contribution in [0.3, 0.4) is 0 Å². The summed E-state index contributed by atoms with van der Waals surface area (Å²) in [5.74, 6) is 4.03. The quantitative estimate of drug-likeness (QED) is 0.659. The Balaban J connectivity index is 1.39. The first-order valence-corrected chi connectivity index (χ1v) is 10.2. The van der Waals surface area contributed by atoms with E-state index in [9.17, 15) is 0 Å². The van der Waals surface area contributed by atoms with Crippen molar-refractivity contribution >= 4 is 23.0 Å². The first-order valence-electron chi connectivity index (χ1n) is 9.78. The number of ether oxygens (including phenoxy) is 2. The Morgan fingerprint density at radius 2 is 1.81 bits per heavy atom. The van der Waals surface area contributed by atoms with Gasteiger partial charge in [-0.3, -0.25) is 0 Å². The van der Waals surface area contributed by atoms with Gasteiger partial charge in [-0.1, -0.05) is 18.6 Å². The molecule has 0 aromatic heterocycles. The summed E-state index contributed by atoms with van der Waals surface area (Å²) >= 11 is 5.56. The molecule has 0 unspecified atom stereocenters. The van der Waals surface area contributed by atoms with Crippen molar-refractivity contribution < 1.29 is 9.47 Å². The minimum atomic E-state index is 0.517. The summed E-state index contributed by atoms with van der Waals surface area (Å²) in [5.41, 5.74) is 0.868. The summed E-state index contributed by atoms with van der Waals surface area (Å²) < 4.78 is 11.5. The number of hydrogen-bond donors (Lipinski definition) is 2. The van der Waals surface area contributed by atoms with Gasteiger partial charge in [0.2, 0.25) is 0 Å². The second kappa shape index (κ2) is 8.17. The molecule has 3 atom stereocenters. The number of para-hydroxylation sites is 2. The highest BCUT2D eigenvalue weighted by Gasteiger charge is 2.39. The molecule has 5 heteroatoms. The van der Waals surface area contributed by atoms with Gasteiger partial charge < -0.3 is 20.1 Å². The van der Waals surface area contributed by atoms with Crippen LogP contribution >= 0.6 is 12.2 Å². The zero-order valence-corrected chi connectivity index (χ0v) is 16.4. The van der Waals surface area contributed by atoms with Crippen LogP contribution in [-0.4, -0.2) is 17.8 Å². The molecule has 2 aliphatic carbocycles. The van der Waals surface area contributed by atoms with Crippen molar-refractivity contribution in [2.45, 2.75) is 38.6 Å². The van der Waals surface area contributed by atoms with Gasteiger partial charge in [0, 0.05) is 6.04 Å². The summed E-state index contributed by atoms with van der Waals surface area (Å²) in [4.78, 5) is 0. The predicted octanol–water partition coefficient (Wildman–Crippen LogP) is 5.35. The Bertz CT molecular complexity index is 793. The van der Waals surface area contributed by atoms with Crippen molar-refractivity contribution in [1.29, 1.82) is 0 Å². The normalized spacial score (nSPS) is 23.1. The Hall–Kier alpha value is -2.27. The number of anilines is 1. The van der Waals surface area contributed by atoms with Crippen LogP contribution in [0.1, 0.15) is 32.6 Å². The molecule has 2 aromatic carbocycles. The van der Waals surface area contributed by atoms with E-state index in [-0.39, 0.29) is 0 Å². The highest BCUT2D eigenvalue weighted by molar-refractivity contribution is 7.80. The lowest BCUT2D eigenvalue weighted by Crippen LogP contribution is -2.40. The van der Waals surface area contributed by atoms with Gasteiger partial charge in [0.1, 0.15) is 11.5 Å². The molecule has 2 N–H and O–H groups in total. The molecule has 0 amide bonds. The van der Waals surface area contributed by atoms with E-state index in [1.54, 1.807) is 0 Å². The Morgan fingerprint density at radius 1 is 1.04 bits per heavy atom. The molecule has 0 heterocycles. The van der Waals surface area contributed by atoms with Gasteiger partial charge >= 0.3 is 0 Å². The van der Waals surface area contributed by atoms with Crippen LogP contribution in [0.15, 0.2) is 48.5 Å². The lowest BCUT2D eigenvalue weighted by atomic mass is 9.96. The molecular weight excluding hydrogens is 356 g/mol. The fraction of sp³-hybridized carbons (Fsp3) is 0.409. The molecule has 2 aromatic rings. The van der Waals surface area contributed by atoms with Crippen LogP contribution in [-0.2, 0) is 0 Å². The van der Waals surface area contributed by atoms with Crippen molar-refractivity contribution in [2.75, 3.05) is 11.9 Å². The Labute approximate surface area is 166 Å². The van der Waals surface area contributed by atoms with E-state index in [2.05, 4.69) is 10.6 Å². The lowest BCUT2D eigenvalue weighted by molar-refractivity contribution is 0.339. The largest absolute Gasteiger partial charge is 0.494 e. The number of thiocarbonyl (C=S) groups is 1. The summed E-state index contributed by atoms with van der Waals surface area (Å²) in [5, 5.41) is 7.52. The summed E-state index contributed by atoms with van der Waals surface area (Å²) in [6.45, 7) is 2.62. The van der Waals surface area contributed by atoms with Crippen molar-refractivity contribution in [3.05, 3.63) is 48.5 Å². The Kier molecular flexibility index (Phi) is 5.48. The van der Waals surface area contributed by atoms with E-state index in [0.717, 1.165) is 34.8 Å². The molecule has 2 saturated carbocycles. The van der Waals surface area contributed by atoms with Gasteiger partial charge in [-0.15, -0.1) is 0 Å². The minimum absolute atomic E-state index is 0.517. The maximum atomic E-state index is 6.06. The van der Waals surface area contributed by atoms with Crippen LogP contribution in [0.4, 0.5) is 5.69 Å². The second-order valence-corrected chi connectivity index (χ2v) is 7.79. The molecule has 27 heavy (non-hydrogen) atoms. The number of fused-ring (bicyclic) bond motifs is 2. The van der Waals surface area contributed by atoms with E-state index in [1.807, 2.05) is 55.5 Å². The van der Waals surface area contributed by atoms with Crippen LogP contribution in [0.2, 0.25) is 0 Å². The van der Waals surface area contributed by atoms with Crippen molar-refractivity contribution in [3.8, 4) is 17.2 Å². The third kappa shape index (κ3) is 4.35. The van der Waals surface area contributed by atoms with Gasteiger partial charge in [0.05, 0.1) is 12.3 Å². The minimum Gasteiger partial charge on any atom is -0.494 e. The van der Waals surface area contributed by atoms with E-state index in [4.69, 9.17) is 21.7 Å². The smallest absolute Gasteiger partial charge is 0.171 e. The zero-order valence-electron chi connectivity index (χ0n) is 15.6. The highest BCUT2D eigenvalue weighted by Crippen LogP contribution is 2.44. The summed E-state index contributed by atoms with van der Waals surface area (Å²) in [7, 11) is 0. The molecule has 2 fully saturated rings. The van der Waals surface area contributed by atoms with E-state index in [0.29, 0.717) is 17.8 Å². The van der Waals surface area contributed by atoms with E-state index >= 15 is 0 Å². The van der Waals surface area contributed by atoms with Crippen molar-refractivity contribution in [2.24, 2.45) is 11.8 Å². The standard InChI is InChI=1S/C22H26N2O2S/c1-2-25-17-9-11-18(12-10-17)26-21-6-4-3-5-19(21)23-22(27)24-20-14-15-7-8-16(20)13-15/h3-6,9-12,15-16,20H,2,7-8,13-14H2,1H3,(H2,23,24,27)/t15-,16+,20-/m0/s1. The third-order valence-electron chi connectivity index (χ3n) is 5.55. The van der Waals surface area contributed by atoms with Crippen LogP contribution in [0, 0.1) is 11.8 Å². The molecule has 0 radical (unpaired) electrons. The van der Waals surface area contributed by atoms with Crippen LogP contribution in [0.25, 0.3) is 0 Å². The van der Waals surface area contributed by atoms with Gasteiger partial charge in [-0.05, 0) is 86.6 Å². The second-order valence-electron chi connectivity index (χ2n) is 7.38. The monoisotopic (exact) mass is 382 g/mol. The van der Waals surface area contributed by atoms with Gasteiger partial charge in [0.15, 0.2) is 10.9 Å². The molecular formula is C22H26N2O2S. The predicted molar refractivity (Wildman–Crippen MR) is 113 cm³/mol.